The number of nitrogens with two attached hydrogens (primary N) is 1. The maximum absolute atomic E-state index is 12.6. The highest BCUT2D eigenvalue weighted by Crippen LogP contribution is 2.39. The molecule has 2 atom stereocenters. The molecule has 0 spiro atoms. The molecule has 0 aliphatic carbocycles. The molecule has 0 saturated carbocycles. The van der Waals surface area contributed by atoms with E-state index in [0.29, 0.717) is 5.76 Å². The number of aliphatic imine (C=N–C) groups is 1. The summed E-state index contributed by atoms with van der Waals surface area (Å²) in [6, 6.07) is 3.31. The van der Waals surface area contributed by atoms with Crippen LogP contribution in [0.15, 0.2) is 39.2 Å². The maximum Gasteiger partial charge on any atom is 0.338 e. The summed E-state index contributed by atoms with van der Waals surface area (Å²) in [6.45, 7) is 5.74. The number of carbonyl (C=O) groups excluding carboxylic acids is 2. The van der Waals surface area contributed by atoms with Crippen molar-refractivity contribution in [3.63, 3.8) is 0 Å². The molecular formula is C17H22N2O6. The van der Waals surface area contributed by atoms with Crippen molar-refractivity contribution in [1.29, 1.82) is 0 Å². The third kappa shape index (κ3) is 3.84. The van der Waals surface area contributed by atoms with E-state index < -0.39 is 23.8 Å². The van der Waals surface area contributed by atoms with Crippen molar-refractivity contribution in [3.8, 4) is 0 Å². The molecule has 1 aliphatic rings. The molecule has 2 unspecified atom stereocenters. The third-order valence-electron chi connectivity index (χ3n) is 3.59. The van der Waals surface area contributed by atoms with Gasteiger partial charge in [0, 0.05) is 0 Å². The summed E-state index contributed by atoms with van der Waals surface area (Å²) >= 11 is 0. The van der Waals surface area contributed by atoms with E-state index in [4.69, 9.17) is 24.4 Å². The summed E-state index contributed by atoms with van der Waals surface area (Å²) in [6.07, 6.45) is 1.45. The van der Waals surface area contributed by atoms with Gasteiger partial charge in [-0.15, -0.1) is 0 Å². The van der Waals surface area contributed by atoms with E-state index >= 15 is 0 Å². The molecular weight excluding hydrogens is 328 g/mol. The molecule has 1 aliphatic heterocycles. The van der Waals surface area contributed by atoms with E-state index in [2.05, 4.69) is 4.99 Å². The van der Waals surface area contributed by atoms with Gasteiger partial charge in [-0.1, -0.05) is 0 Å². The minimum absolute atomic E-state index is 0.0540. The summed E-state index contributed by atoms with van der Waals surface area (Å²) in [5, 5.41) is 0. The van der Waals surface area contributed by atoms with Gasteiger partial charge < -0.3 is 24.4 Å². The maximum atomic E-state index is 12.6. The van der Waals surface area contributed by atoms with Crippen molar-refractivity contribution in [2.24, 2.45) is 16.6 Å². The second-order valence-electron chi connectivity index (χ2n) is 5.13. The van der Waals surface area contributed by atoms with Crippen molar-refractivity contribution in [2.75, 3.05) is 19.8 Å². The number of furan rings is 1. The van der Waals surface area contributed by atoms with Gasteiger partial charge in [0.2, 0.25) is 5.90 Å². The van der Waals surface area contributed by atoms with Crippen LogP contribution in [-0.4, -0.2) is 37.7 Å². The zero-order valence-electron chi connectivity index (χ0n) is 14.5. The van der Waals surface area contributed by atoms with Gasteiger partial charge in [-0.05, 0) is 32.9 Å². The molecule has 8 heteroatoms. The molecule has 8 nitrogen and oxygen atoms in total. The van der Waals surface area contributed by atoms with Gasteiger partial charge in [0.05, 0.1) is 37.6 Å². The Labute approximate surface area is 145 Å². The predicted octanol–water partition coefficient (Wildman–Crippen LogP) is 1.72. The van der Waals surface area contributed by atoms with Crippen LogP contribution < -0.4 is 5.73 Å². The summed E-state index contributed by atoms with van der Waals surface area (Å²) in [5.41, 5.74) is 6.04. The number of hydrogen-bond acceptors (Lipinski definition) is 8. The SMILES string of the molecule is CCOC(=O)C1=C(N)N=C(OCC)C(C(=O)OCC)C1c1ccco1. The van der Waals surface area contributed by atoms with Crippen molar-refractivity contribution in [1.82, 2.24) is 0 Å². The molecule has 0 bridgehead atoms. The van der Waals surface area contributed by atoms with E-state index in [1.54, 1.807) is 32.9 Å². The molecule has 2 heterocycles. The first kappa shape index (κ1) is 18.6. The Morgan fingerprint density at radius 1 is 1.20 bits per heavy atom. The topological polar surface area (TPSA) is 113 Å². The van der Waals surface area contributed by atoms with Crippen LogP contribution in [0.1, 0.15) is 32.4 Å². The van der Waals surface area contributed by atoms with Crippen molar-refractivity contribution in [3.05, 3.63) is 35.6 Å². The summed E-state index contributed by atoms with van der Waals surface area (Å²) in [7, 11) is 0. The molecule has 0 saturated heterocycles. The fourth-order valence-electron chi connectivity index (χ4n) is 2.67. The first-order valence-electron chi connectivity index (χ1n) is 8.13. The van der Waals surface area contributed by atoms with Crippen LogP contribution in [0.3, 0.4) is 0 Å². The van der Waals surface area contributed by atoms with Gasteiger partial charge in [0.25, 0.3) is 0 Å². The fraction of sp³-hybridized carbons (Fsp3) is 0.471. The zero-order valence-corrected chi connectivity index (χ0v) is 14.5. The van der Waals surface area contributed by atoms with Gasteiger partial charge >= 0.3 is 11.9 Å². The van der Waals surface area contributed by atoms with Crippen molar-refractivity contribution in [2.45, 2.75) is 26.7 Å². The van der Waals surface area contributed by atoms with Crippen LogP contribution in [0.25, 0.3) is 0 Å². The molecule has 2 rings (SSSR count). The number of nitrogens with zero attached hydrogens (tertiary/aromatic N) is 1. The molecule has 0 radical (unpaired) electrons. The molecule has 0 fully saturated rings. The smallest absolute Gasteiger partial charge is 0.338 e. The van der Waals surface area contributed by atoms with Crippen LogP contribution in [0.5, 0.6) is 0 Å². The Morgan fingerprint density at radius 2 is 1.92 bits per heavy atom. The van der Waals surface area contributed by atoms with E-state index in [1.807, 2.05) is 0 Å². The normalized spacial score (nSPS) is 20.0. The third-order valence-corrected chi connectivity index (χ3v) is 3.59. The Hall–Kier alpha value is -2.77. The second kappa shape index (κ2) is 8.36. The lowest BCUT2D eigenvalue weighted by atomic mass is 9.81. The standard InChI is InChI=1S/C17H22N2O6/c1-4-22-15-13(17(21)24-6-3)11(10-8-7-9-25-10)12(14(18)19-15)16(20)23-5-2/h7-9,11,13H,4-6,18H2,1-3H3. The van der Waals surface area contributed by atoms with Gasteiger partial charge in [0.1, 0.15) is 17.5 Å². The van der Waals surface area contributed by atoms with Crippen LogP contribution >= 0.6 is 0 Å². The largest absolute Gasteiger partial charge is 0.480 e. The Morgan fingerprint density at radius 3 is 2.48 bits per heavy atom. The number of ether oxygens (including phenoxy) is 3. The zero-order chi connectivity index (χ0) is 18.4. The predicted molar refractivity (Wildman–Crippen MR) is 88.5 cm³/mol. The van der Waals surface area contributed by atoms with Gasteiger partial charge in [-0.25, -0.2) is 4.79 Å². The monoisotopic (exact) mass is 350 g/mol. The Kier molecular flexibility index (Phi) is 6.21. The summed E-state index contributed by atoms with van der Waals surface area (Å²) in [5.74, 6) is -2.67. The lowest BCUT2D eigenvalue weighted by Crippen LogP contribution is -2.40. The first-order valence-corrected chi connectivity index (χ1v) is 8.13. The molecule has 136 valence electrons. The minimum atomic E-state index is -0.988. The van der Waals surface area contributed by atoms with Crippen LogP contribution in [0, 0.1) is 5.92 Å². The molecule has 0 amide bonds. The summed E-state index contributed by atoms with van der Waals surface area (Å²) in [4.78, 5) is 29.1. The highest BCUT2D eigenvalue weighted by Gasteiger charge is 2.46. The number of esters is 2. The van der Waals surface area contributed by atoms with Crippen LogP contribution in [0.4, 0.5) is 0 Å². The van der Waals surface area contributed by atoms with Gasteiger partial charge in [0.15, 0.2) is 0 Å². The second-order valence-corrected chi connectivity index (χ2v) is 5.13. The molecule has 2 N–H and O–H groups in total. The van der Waals surface area contributed by atoms with E-state index in [-0.39, 0.29) is 37.1 Å². The Bertz CT molecular complexity index is 677. The highest BCUT2D eigenvalue weighted by atomic mass is 16.5. The lowest BCUT2D eigenvalue weighted by molar-refractivity contribution is -0.147. The molecule has 25 heavy (non-hydrogen) atoms. The first-order chi connectivity index (χ1) is 12.0. The van der Waals surface area contributed by atoms with E-state index in [1.165, 1.54) is 6.26 Å². The quantitative estimate of drug-likeness (QED) is 0.777. The van der Waals surface area contributed by atoms with Crippen LogP contribution in [0.2, 0.25) is 0 Å². The summed E-state index contributed by atoms with van der Waals surface area (Å²) < 4.78 is 21.2. The molecule has 1 aromatic rings. The van der Waals surface area contributed by atoms with Crippen molar-refractivity contribution < 1.29 is 28.2 Å². The number of rotatable bonds is 6. The van der Waals surface area contributed by atoms with Gasteiger partial charge in [-0.2, -0.15) is 4.99 Å². The number of hydrogen-bond donors (Lipinski definition) is 1. The van der Waals surface area contributed by atoms with Gasteiger partial charge in [-0.3, -0.25) is 4.79 Å². The molecule has 1 aromatic heterocycles. The average molecular weight is 350 g/mol. The van der Waals surface area contributed by atoms with E-state index in [9.17, 15) is 9.59 Å². The Balaban J connectivity index is 2.59. The lowest BCUT2D eigenvalue weighted by Gasteiger charge is -2.29. The van der Waals surface area contributed by atoms with E-state index in [0.717, 1.165) is 0 Å². The minimum Gasteiger partial charge on any atom is -0.480 e. The fourth-order valence-corrected chi connectivity index (χ4v) is 2.67. The average Bonchev–Trinajstić information content (AvgIpc) is 3.09. The number of carbonyl (C=O) groups is 2. The highest BCUT2D eigenvalue weighted by molar-refractivity contribution is 6.04. The van der Waals surface area contributed by atoms with Crippen molar-refractivity contribution >= 4 is 17.8 Å². The molecule has 0 aromatic carbocycles. The van der Waals surface area contributed by atoms with Crippen LogP contribution in [-0.2, 0) is 23.8 Å².